The van der Waals surface area contributed by atoms with E-state index in [1.807, 2.05) is 31.2 Å². The summed E-state index contributed by atoms with van der Waals surface area (Å²) in [5.41, 5.74) is 3.81. The third-order valence-corrected chi connectivity index (χ3v) is 7.20. The number of carboxylic acids is 1. The predicted molar refractivity (Wildman–Crippen MR) is 127 cm³/mol. The van der Waals surface area contributed by atoms with Crippen LogP contribution in [0.3, 0.4) is 0 Å². The number of nitrogens with one attached hydrogen (secondary N) is 1. The summed E-state index contributed by atoms with van der Waals surface area (Å²) in [6, 6.07) is 9.75. The van der Waals surface area contributed by atoms with Crippen molar-refractivity contribution in [1.29, 1.82) is 0 Å². The van der Waals surface area contributed by atoms with Crippen molar-refractivity contribution in [3.8, 4) is 11.8 Å². The highest BCUT2D eigenvalue weighted by Crippen LogP contribution is 2.45. The van der Waals surface area contributed by atoms with E-state index in [1.54, 1.807) is 0 Å². The zero-order valence-corrected chi connectivity index (χ0v) is 19.2. The molecule has 5 rings (SSSR count). The summed E-state index contributed by atoms with van der Waals surface area (Å²) < 4.78 is 31.5. The number of carbonyl (C=O) groups is 1. The van der Waals surface area contributed by atoms with Gasteiger partial charge in [-0.25, -0.2) is 8.78 Å². The molecule has 0 amide bonds. The fourth-order valence-electron chi connectivity index (χ4n) is 5.38. The van der Waals surface area contributed by atoms with Crippen molar-refractivity contribution in [2.75, 3.05) is 0 Å². The Labute approximate surface area is 197 Å². The lowest BCUT2D eigenvalue weighted by atomic mass is 9.79. The molecule has 2 heterocycles. The van der Waals surface area contributed by atoms with Crippen LogP contribution in [0, 0.1) is 29.4 Å². The quantitative estimate of drug-likeness (QED) is 0.451. The van der Waals surface area contributed by atoms with Crippen molar-refractivity contribution < 1.29 is 18.7 Å². The van der Waals surface area contributed by atoms with Gasteiger partial charge in [0.25, 0.3) is 0 Å². The molecular weight excluding hydrogens is 434 g/mol. The first kappa shape index (κ1) is 22.2. The first-order valence-corrected chi connectivity index (χ1v) is 11.6. The highest BCUT2D eigenvalue weighted by molar-refractivity contribution is 5.85. The molecule has 2 unspecified atom stereocenters. The Kier molecular flexibility index (Phi) is 5.44. The Morgan fingerprint density at radius 1 is 1.21 bits per heavy atom. The van der Waals surface area contributed by atoms with Crippen molar-refractivity contribution in [2.24, 2.45) is 5.92 Å². The van der Waals surface area contributed by atoms with Gasteiger partial charge >= 0.3 is 5.97 Å². The molecule has 2 aliphatic rings. The molecule has 174 valence electrons. The van der Waals surface area contributed by atoms with E-state index < -0.39 is 35.5 Å². The maximum absolute atomic E-state index is 15.8. The van der Waals surface area contributed by atoms with E-state index in [4.69, 9.17) is 0 Å². The molecule has 1 aromatic heterocycles. The predicted octanol–water partition coefficient (Wildman–Crippen LogP) is 5.90. The SMILES string of the molecule is C=C(CC)N1[C@H](CC)Cc2c([nH]c3ccccc23)[C@H]1c1c(F)cc(C2C#CC2C(=O)O)cc1F. The smallest absolute Gasteiger partial charge is 0.320 e. The summed E-state index contributed by atoms with van der Waals surface area (Å²) in [7, 11) is 0. The fourth-order valence-corrected chi connectivity index (χ4v) is 5.38. The maximum atomic E-state index is 15.8. The molecule has 34 heavy (non-hydrogen) atoms. The Bertz CT molecular complexity index is 1360. The average molecular weight is 461 g/mol. The van der Waals surface area contributed by atoms with Crippen LogP contribution in [0.25, 0.3) is 10.9 Å². The molecule has 0 radical (unpaired) electrons. The summed E-state index contributed by atoms with van der Waals surface area (Å²) in [5.74, 6) is 1.16. The van der Waals surface area contributed by atoms with E-state index in [0.29, 0.717) is 6.42 Å². The van der Waals surface area contributed by atoms with Gasteiger partial charge in [0.2, 0.25) is 0 Å². The van der Waals surface area contributed by atoms with E-state index in [1.165, 1.54) is 12.1 Å². The molecule has 2 aromatic carbocycles. The number of hydrogen-bond acceptors (Lipinski definition) is 2. The van der Waals surface area contributed by atoms with E-state index in [9.17, 15) is 9.90 Å². The van der Waals surface area contributed by atoms with Crippen LogP contribution in [-0.4, -0.2) is 27.0 Å². The fraction of sp³-hybridized carbons (Fsp3) is 0.321. The largest absolute Gasteiger partial charge is 0.480 e. The van der Waals surface area contributed by atoms with Gasteiger partial charge < -0.3 is 15.0 Å². The van der Waals surface area contributed by atoms with Crippen molar-refractivity contribution in [3.05, 3.63) is 82.7 Å². The monoisotopic (exact) mass is 460 g/mol. The first-order valence-electron chi connectivity index (χ1n) is 11.6. The minimum absolute atomic E-state index is 0.0384. The number of nitrogens with zero attached hydrogens (tertiary/aromatic N) is 1. The van der Waals surface area contributed by atoms with E-state index in [0.717, 1.165) is 40.7 Å². The summed E-state index contributed by atoms with van der Waals surface area (Å²) >= 11 is 0. The standard InChI is InChI=1S/C28H26F2N2O2/c1-4-15(3)32-17(5-2)14-21-19-8-6-7-9-24(19)31-26(21)27(32)25-22(29)12-16(13-23(25)30)18-10-11-20(18)28(33)34/h6-9,12-13,17-18,20,27,31H,3-5,14H2,1-2H3,(H,33,34)/t17-,18?,20?,27-/m1/s1. The van der Waals surface area contributed by atoms with Crippen molar-refractivity contribution in [1.82, 2.24) is 9.88 Å². The molecule has 0 spiro atoms. The minimum Gasteiger partial charge on any atom is -0.480 e. The van der Waals surface area contributed by atoms with Gasteiger partial charge in [0.05, 0.1) is 11.5 Å². The Balaban J connectivity index is 1.70. The van der Waals surface area contributed by atoms with Gasteiger partial charge in [0.1, 0.15) is 23.6 Å². The van der Waals surface area contributed by atoms with Gasteiger partial charge in [-0.2, -0.15) is 0 Å². The summed E-state index contributed by atoms with van der Waals surface area (Å²) in [6.45, 7) is 8.31. The molecule has 4 nitrogen and oxygen atoms in total. The van der Waals surface area contributed by atoms with Crippen LogP contribution in [0.4, 0.5) is 8.78 Å². The third-order valence-electron chi connectivity index (χ3n) is 7.20. The van der Waals surface area contributed by atoms with Gasteiger partial charge in [0, 0.05) is 28.3 Å². The number of aromatic nitrogens is 1. The lowest BCUT2D eigenvalue weighted by Crippen LogP contribution is -2.43. The number of H-pyrrole nitrogens is 1. The number of aromatic amines is 1. The number of rotatable bonds is 6. The number of halogens is 2. The zero-order valence-electron chi connectivity index (χ0n) is 19.2. The first-order chi connectivity index (χ1) is 16.3. The van der Waals surface area contributed by atoms with Gasteiger partial charge in [-0.3, -0.25) is 4.79 Å². The molecular formula is C28H26F2N2O2. The summed E-state index contributed by atoms with van der Waals surface area (Å²) in [4.78, 5) is 16.9. The topological polar surface area (TPSA) is 56.3 Å². The molecule has 1 aliphatic heterocycles. The number of benzene rings is 2. The van der Waals surface area contributed by atoms with Crippen LogP contribution < -0.4 is 0 Å². The molecule has 0 saturated heterocycles. The van der Waals surface area contributed by atoms with E-state index in [-0.39, 0.29) is 17.2 Å². The third kappa shape index (κ3) is 3.30. The molecule has 2 N–H and O–H groups in total. The van der Waals surface area contributed by atoms with Gasteiger partial charge in [-0.15, -0.1) is 0 Å². The van der Waals surface area contributed by atoms with Gasteiger partial charge in [-0.1, -0.05) is 50.5 Å². The second-order valence-corrected chi connectivity index (χ2v) is 9.04. The highest BCUT2D eigenvalue weighted by atomic mass is 19.1. The highest BCUT2D eigenvalue weighted by Gasteiger charge is 2.41. The van der Waals surface area contributed by atoms with E-state index >= 15 is 8.78 Å². The molecule has 4 atom stereocenters. The average Bonchev–Trinajstić information content (AvgIpc) is 3.15. The van der Waals surface area contributed by atoms with Crippen molar-refractivity contribution in [2.45, 2.75) is 51.1 Å². The Hall–Kier alpha value is -3.59. The van der Waals surface area contributed by atoms with Crippen LogP contribution >= 0.6 is 0 Å². The van der Waals surface area contributed by atoms with E-state index in [2.05, 4.69) is 35.2 Å². The minimum atomic E-state index is -1.08. The number of carboxylic acid groups (broad SMARTS) is 1. The van der Waals surface area contributed by atoms with Crippen LogP contribution in [0.1, 0.15) is 61.0 Å². The summed E-state index contributed by atoms with van der Waals surface area (Å²) in [6.07, 6.45) is 2.21. The lowest BCUT2D eigenvalue weighted by molar-refractivity contribution is -0.140. The maximum Gasteiger partial charge on any atom is 0.320 e. The number of para-hydroxylation sites is 1. The number of fused-ring (bicyclic) bond motifs is 3. The zero-order chi connectivity index (χ0) is 24.1. The number of hydrogen-bond donors (Lipinski definition) is 2. The molecule has 0 bridgehead atoms. The second-order valence-electron chi connectivity index (χ2n) is 9.04. The van der Waals surface area contributed by atoms with Crippen molar-refractivity contribution in [3.63, 3.8) is 0 Å². The molecule has 0 fully saturated rings. The summed E-state index contributed by atoms with van der Waals surface area (Å²) in [5, 5.41) is 10.4. The van der Waals surface area contributed by atoms with Crippen LogP contribution in [-0.2, 0) is 11.2 Å². The Morgan fingerprint density at radius 3 is 2.50 bits per heavy atom. The molecule has 3 aromatic rings. The van der Waals surface area contributed by atoms with Crippen LogP contribution in [0.5, 0.6) is 0 Å². The number of aliphatic carboxylic acids is 1. The molecule has 1 aliphatic carbocycles. The van der Waals surface area contributed by atoms with Gasteiger partial charge in [0.15, 0.2) is 0 Å². The lowest BCUT2D eigenvalue weighted by Gasteiger charge is -2.45. The van der Waals surface area contributed by atoms with Crippen molar-refractivity contribution >= 4 is 16.9 Å². The van der Waals surface area contributed by atoms with Gasteiger partial charge in [-0.05, 0) is 48.6 Å². The number of allylic oxidation sites excluding steroid dienone is 1. The van der Waals surface area contributed by atoms with Crippen LogP contribution in [0.2, 0.25) is 0 Å². The molecule has 6 heteroatoms. The normalized spacial score (nSPS) is 23.1. The second kappa shape index (κ2) is 8.32. The molecule has 0 saturated carbocycles. The van der Waals surface area contributed by atoms with Crippen LogP contribution in [0.15, 0.2) is 48.7 Å². The Morgan fingerprint density at radius 2 is 1.91 bits per heavy atom.